The van der Waals surface area contributed by atoms with Crippen molar-refractivity contribution in [3.8, 4) is 5.75 Å². The third-order valence-electron chi connectivity index (χ3n) is 4.64. The van der Waals surface area contributed by atoms with Gasteiger partial charge in [-0.3, -0.25) is 9.59 Å². The maximum atomic E-state index is 12.6. The minimum Gasteiger partial charge on any atom is -0.480 e. The molecule has 24 heavy (non-hydrogen) atoms. The number of ether oxygens (including phenoxy) is 1. The average Bonchev–Trinajstić information content (AvgIpc) is 2.98. The topological polar surface area (TPSA) is 71.2 Å². The summed E-state index contributed by atoms with van der Waals surface area (Å²) >= 11 is 5.99. The van der Waals surface area contributed by atoms with Crippen molar-refractivity contribution in [3.63, 3.8) is 0 Å². The molecule has 124 valence electrons. The normalized spacial score (nSPS) is 21.5. The molecule has 1 aliphatic carbocycles. The number of nitrogens with one attached hydrogen (secondary N) is 2. The summed E-state index contributed by atoms with van der Waals surface area (Å²) in [7, 11) is 0. The molecule has 0 fully saturated rings. The molecule has 0 unspecified atom stereocenters. The second kappa shape index (κ2) is 5.98. The number of aromatic nitrogens is 1. The van der Waals surface area contributed by atoms with Crippen molar-refractivity contribution in [2.45, 2.75) is 37.8 Å². The number of amides is 1. The van der Waals surface area contributed by atoms with Crippen LogP contribution in [0.3, 0.4) is 0 Å². The number of pyridine rings is 1. The Hall–Kier alpha value is -2.27. The van der Waals surface area contributed by atoms with Crippen molar-refractivity contribution in [2.24, 2.45) is 0 Å². The van der Waals surface area contributed by atoms with Crippen molar-refractivity contribution in [1.82, 2.24) is 10.3 Å². The molecule has 1 amide bonds. The van der Waals surface area contributed by atoms with E-state index in [0.29, 0.717) is 17.2 Å². The molecule has 6 heteroatoms. The lowest BCUT2D eigenvalue weighted by Gasteiger charge is -2.26. The number of fused-ring (bicyclic) bond motifs is 2. The highest BCUT2D eigenvalue weighted by atomic mass is 35.5. The summed E-state index contributed by atoms with van der Waals surface area (Å²) in [6.07, 6.45) is 2.61. The fourth-order valence-electron chi connectivity index (χ4n) is 3.48. The van der Waals surface area contributed by atoms with E-state index in [-0.39, 0.29) is 17.5 Å². The van der Waals surface area contributed by atoms with Crippen LogP contribution in [-0.4, -0.2) is 17.0 Å². The minimum absolute atomic E-state index is 0.0889. The molecule has 0 radical (unpaired) electrons. The van der Waals surface area contributed by atoms with Crippen LogP contribution in [0.25, 0.3) is 0 Å². The standard InChI is InChI=1S/C18H17ClN2O3/c19-11-4-6-15-10(8-11)9-16(24-15)18(23)21-14-3-1-2-13-12(14)5-7-17(22)20-13/h4-8,14,16H,1-3,9H2,(H,20,22)(H,21,23)/t14-,16+/m0/s1. The predicted octanol–water partition coefficient (Wildman–Crippen LogP) is 2.53. The molecule has 0 spiro atoms. The zero-order valence-electron chi connectivity index (χ0n) is 13.0. The molecule has 0 saturated carbocycles. The van der Waals surface area contributed by atoms with Gasteiger partial charge in [0.05, 0.1) is 6.04 Å². The van der Waals surface area contributed by atoms with Gasteiger partial charge in [0.25, 0.3) is 5.91 Å². The number of rotatable bonds is 2. The maximum Gasteiger partial charge on any atom is 0.261 e. The van der Waals surface area contributed by atoms with E-state index in [1.165, 1.54) is 6.07 Å². The largest absolute Gasteiger partial charge is 0.480 e. The van der Waals surface area contributed by atoms with Gasteiger partial charge in [-0.2, -0.15) is 0 Å². The molecule has 1 aromatic heterocycles. The predicted molar refractivity (Wildman–Crippen MR) is 90.5 cm³/mol. The van der Waals surface area contributed by atoms with Gasteiger partial charge in [-0.25, -0.2) is 0 Å². The second-order valence-electron chi connectivity index (χ2n) is 6.27. The SMILES string of the molecule is O=C(N[C@H]1CCCc2[nH]c(=O)ccc21)[C@H]1Cc2cc(Cl)ccc2O1. The van der Waals surface area contributed by atoms with E-state index in [2.05, 4.69) is 10.3 Å². The van der Waals surface area contributed by atoms with Gasteiger partial charge in [0, 0.05) is 23.2 Å². The van der Waals surface area contributed by atoms with Gasteiger partial charge in [-0.05, 0) is 54.7 Å². The number of aryl methyl sites for hydroxylation is 1. The number of hydrogen-bond acceptors (Lipinski definition) is 3. The Kier molecular flexibility index (Phi) is 3.81. The zero-order chi connectivity index (χ0) is 16.7. The lowest BCUT2D eigenvalue weighted by molar-refractivity contribution is -0.128. The lowest BCUT2D eigenvalue weighted by atomic mass is 9.91. The lowest BCUT2D eigenvalue weighted by Crippen LogP contribution is -2.40. The van der Waals surface area contributed by atoms with Gasteiger partial charge in [-0.15, -0.1) is 0 Å². The molecule has 5 nitrogen and oxygen atoms in total. The molecule has 0 bridgehead atoms. The van der Waals surface area contributed by atoms with Crippen molar-refractivity contribution < 1.29 is 9.53 Å². The fourth-order valence-corrected chi connectivity index (χ4v) is 3.67. The average molecular weight is 345 g/mol. The molecular weight excluding hydrogens is 328 g/mol. The number of benzene rings is 1. The minimum atomic E-state index is -0.536. The van der Waals surface area contributed by atoms with E-state index >= 15 is 0 Å². The number of H-pyrrole nitrogens is 1. The van der Waals surface area contributed by atoms with E-state index in [1.807, 2.05) is 12.1 Å². The van der Waals surface area contributed by atoms with Crippen LogP contribution in [0.15, 0.2) is 35.1 Å². The third-order valence-corrected chi connectivity index (χ3v) is 4.87. The Morgan fingerprint density at radius 1 is 1.29 bits per heavy atom. The highest BCUT2D eigenvalue weighted by molar-refractivity contribution is 6.30. The van der Waals surface area contributed by atoms with E-state index in [0.717, 1.165) is 36.1 Å². The molecule has 0 saturated heterocycles. The van der Waals surface area contributed by atoms with Gasteiger partial charge in [0.15, 0.2) is 6.10 Å². The molecular formula is C18H17ClN2O3. The van der Waals surface area contributed by atoms with Crippen LogP contribution in [0.1, 0.15) is 35.7 Å². The molecule has 2 aromatic rings. The Balaban J connectivity index is 1.49. The van der Waals surface area contributed by atoms with Crippen LogP contribution in [0.2, 0.25) is 5.02 Å². The quantitative estimate of drug-likeness (QED) is 0.879. The van der Waals surface area contributed by atoms with Crippen LogP contribution in [0.4, 0.5) is 0 Å². The Morgan fingerprint density at radius 3 is 3.04 bits per heavy atom. The van der Waals surface area contributed by atoms with Gasteiger partial charge < -0.3 is 15.0 Å². The highest BCUT2D eigenvalue weighted by Crippen LogP contribution is 2.32. The van der Waals surface area contributed by atoms with E-state index in [9.17, 15) is 9.59 Å². The Labute approximate surface area is 144 Å². The second-order valence-corrected chi connectivity index (χ2v) is 6.71. The number of carbonyl (C=O) groups excluding carboxylic acids is 1. The fraction of sp³-hybridized carbons (Fsp3) is 0.333. The van der Waals surface area contributed by atoms with Crippen molar-refractivity contribution in [3.05, 3.63) is 62.5 Å². The maximum absolute atomic E-state index is 12.6. The number of hydrogen-bond donors (Lipinski definition) is 2. The molecule has 4 rings (SSSR count). The summed E-state index contributed by atoms with van der Waals surface area (Å²) in [4.78, 5) is 26.9. The summed E-state index contributed by atoms with van der Waals surface area (Å²) in [5, 5.41) is 3.71. The molecule has 1 aliphatic heterocycles. The zero-order valence-corrected chi connectivity index (χ0v) is 13.7. The van der Waals surface area contributed by atoms with Gasteiger partial charge in [0.2, 0.25) is 5.56 Å². The summed E-state index contributed by atoms with van der Waals surface area (Å²) in [5.74, 6) is 0.583. The van der Waals surface area contributed by atoms with E-state index in [1.54, 1.807) is 12.1 Å². The molecule has 2 aliphatic rings. The van der Waals surface area contributed by atoms with Crippen molar-refractivity contribution in [1.29, 1.82) is 0 Å². The first-order chi connectivity index (χ1) is 11.6. The molecule has 2 N–H and O–H groups in total. The molecule has 2 heterocycles. The Morgan fingerprint density at radius 2 is 2.17 bits per heavy atom. The number of carbonyl (C=O) groups is 1. The molecule has 1 aromatic carbocycles. The van der Waals surface area contributed by atoms with Gasteiger partial charge >= 0.3 is 0 Å². The monoisotopic (exact) mass is 344 g/mol. The van der Waals surface area contributed by atoms with Crippen LogP contribution < -0.4 is 15.6 Å². The first-order valence-corrected chi connectivity index (χ1v) is 8.45. The number of halogens is 1. The highest BCUT2D eigenvalue weighted by Gasteiger charge is 2.32. The van der Waals surface area contributed by atoms with Gasteiger partial charge in [0.1, 0.15) is 5.75 Å². The van der Waals surface area contributed by atoms with E-state index in [4.69, 9.17) is 16.3 Å². The first kappa shape index (κ1) is 15.3. The third kappa shape index (κ3) is 2.80. The summed E-state index contributed by atoms with van der Waals surface area (Å²) in [5.41, 5.74) is 2.76. The Bertz CT molecular complexity index is 862. The smallest absolute Gasteiger partial charge is 0.261 e. The van der Waals surface area contributed by atoms with Crippen LogP contribution in [0, 0.1) is 0 Å². The van der Waals surface area contributed by atoms with Crippen molar-refractivity contribution in [2.75, 3.05) is 0 Å². The summed E-state index contributed by atoms with van der Waals surface area (Å²) < 4.78 is 5.74. The van der Waals surface area contributed by atoms with Gasteiger partial charge in [-0.1, -0.05) is 11.6 Å². The van der Waals surface area contributed by atoms with Crippen LogP contribution >= 0.6 is 11.6 Å². The van der Waals surface area contributed by atoms with Crippen LogP contribution in [0.5, 0.6) is 5.75 Å². The molecule has 2 atom stereocenters. The van der Waals surface area contributed by atoms with Crippen molar-refractivity contribution >= 4 is 17.5 Å². The number of aromatic amines is 1. The van der Waals surface area contributed by atoms with Crippen LogP contribution in [-0.2, 0) is 17.6 Å². The van der Waals surface area contributed by atoms with E-state index < -0.39 is 6.10 Å². The summed E-state index contributed by atoms with van der Waals surface area (Å²) in [6, 6.07) is 8.62. The first-order valence-electron chi connectivity index (χ1n) is 8.08. The summed E-state index contributed by atoms with van der Waals surface area (Å²) in [6.45, 7) is 0.